The molecule has 0 aromatic heterocycles. The minimum absolute atomic E-state index is 0. The molecule has 3 rings (SSSR count). The summed E-state index contributed by atoms with van der Waals surface area (Å²) in [5.41, 5.74) is 12.3. The monoisotopic (exact) mass is 317 g/mol. The van der Waals surface area contributed by atoms with Gasteiger partial charge < -0.3 is 15.5 Å². The van der Waals surface area contributed by atoms with Crippen molar-refractivity contribution in [2.45, 2.75) is 19.4 Å². The normalized spacial score (nSPS) is 13.3. The maximum atomic E-state index is 6.14. The molecule has 0 unspecified atom stereocenters. The van der Waals surface area contributed by atoms with E-state index in [-0.39, 0.29) is 12.4 Å². The van der Waals surface area contributed by atoms with E-state index in [1.807, 2.05) is 6.07 Å². The van der Waals surface area contributed by atoms with E-state index in [4.69, 9.17) is 5.73 Å². The van der Waals surface area contributed by atoms with Crippen LogP contribution in [0.25, 0.3) is 0 Å². The van der Waals surface area contributed by atoms with Gasteiger partial charge in [-0.15, -0.1) is 12.4 Å². The van der Waals surface area contributed by atoms with Gasteiger partial charge in [0.15, 0.2) is 0 Å². The van der Waals surface area contributed by atoms with E-state index < -0.39 is 0 Å². The molecule has 1 heterocycles. The molecule has 1 aliphatic heterocycles. The van der Waals surface area contributed by atoms with Crippen LogP contribution in [0, 0.1) is 0 Å². The molecule has 0 spiro atoms. The van der Waals surface area contributed by atoms with Gasteiger partial charge in [0.1, 0.15) is 0 Å². The van der Waals surface area contributed by atoms with E-state index in [0.29, 0.717) is 0 Å². The van der Waals surface area contributed by atoms with Gasteiger partial charge in [-0.3, -0.25) is 0 Å². The second-order valence-electron chi connectivity index (χ2n) is 5.89. The smallest absolute Gasteiger partial charge is 0.0450 e. The lowest BCUT2D eigenvalue weighted by atomic mass is 9.99. The van der Waals surface area contributed by atoms with Crippen molar-refractivity contribution in [3.8, 4) is 0 Å². The van der Waals surface area contributed by atoms with Gasteiger partial charge in [-0.1, -0.05) is 24.3 Å². The van der Waals surface area contributed by atoms with Gasteiger partial charge in [0.25, 0.3) is 0 Å². The van der Waals surface area contributed by atoms with Crippen LogP contribution in [0.4, 0.5) is 17.1 Å². The molecule has 118 valence electrons. The third-order valence-corrected chi connectivity index (χ3v) is 4.22. The van der Waals surface area contributed by atoms with E-state index in [9.17, 15) is 0 Å². The molecule has 0 atom stereocenters. The van der Waals surface area contributed by atoms with E-state index >= 15 is 0 Å². The highest BCUT2D eigenvalue weighted by atomic mass is 35.5. The summed E-state index contributed by atoms with van der Waals surface area (Å²) in [6, 6.07) is 14.9. The predicted molar refractivity (Wildman–Crippen MR) is 98.2 cm³/mol. The summed E-state index contributed by atoms with van der Waals surface area (Å²) in [5.74, 6) is 0. The molecule has 0 bridgehead atoms. The number of anilines is 3. The van der Waals surface area contributed by atoms with E-state index in [1.165, 1.54) is 28.9 Å². The molecule has 2 aromatic carbocycles. The molecule has 0 amide bonds. The fraction of sp³-hybridized carbons (Fsp3) is 0.333. The highest BCUT2D eigenvalue weighted by Gasteiger charge is 2.19. The summed E-state index contributed by atoms with van der Waals surface area (Å²) < 4.78 is 0. The molecule has 4 heteroatoms. The zero-order valence-corrected chi connectivity index (χ0v) is 14.1. The number of para-hydroxylation sites is 1. The Kier molecular flexibility index (Phi) is 5.19. The summed E-state index contributed by atoms with van der Waals surface area (Å²) >= 11 is 0. The van der Waals surface area contributed by atoms with Crippen LogP contribution in [0.2, 0.25) is 0 Å². The Bertz CT molecular complexity index is 640. The van der Waals surface area contributed by atoms with E-state index in [0.717, 1.165) is 25.2 Å². The minimum atomic E-state index is 0. The highest BCUT2D eigenvalue weighted by molar-refractivity contribution is 5.85. The fourth-order valence-electron chi connectivity index (χ4n) is 3.18. The Morgan fingerprint density at radius 2 is 1.86 bits per heavy atom. The van der Waals surface area contributed by atoms with E-state index in [1.54, 1.807) is 0 Å². The third kappa shape index (κ3) is 3.14. The highest BCUT2D eigenvalue weighted by Crippen LogP contribution is 2.33. The minimum Gasteiger partial charge on any atom is -0.398 e. The predicted octanol–water partition coefficient (Wildman–Crippen LogP) is 3.71. The van der Waals surface area contributed by atoms with Crippen LogP contribution in [0.15, 0.2) is 42.5 Å². The Morgan fingerprint density at radius 1 is 1.09 bits per heavy atom. The topological polar surface area (TPSA) is 32.5 Å². The second-order valence-corrected chi connectivity index (χ2v) is 5.89. The van der Waals surface area contributed by atoms with Gasteiger partial charge in [-0.05, 0) is 42.2 Å². The number of halogens is 1. The molecule has 3 nitrogen and oxygen atoms in total. The maximum absolute atomic E-state index is 6.14. The zero-order chi connectivity index (χ0) is 14.8. The van der Waals surface area contributed by atoms with Crippen molar-refractivity contribution in [3.05, 3.63) is 53.6 Å². The average molecular weight is 318 g/mol. The van der Waals surface area contributed by atoms with Crippen molar-refractivity contribution in [2.75, 3.05) is 36.2 Å². The van der Waals surface area contributed by atoms with Crippen LogP contribution in [-0.2, 0) is 13.0 Å². The van der Waals surface area contributed by atoms with Crippen LogP contribution >= 0.6 is 12.4 Å². The van der Waals surface area contributed by atoms with Crippen LogP contribution in [-0.4, -0.2) is 20.6 Å². The van der Waals surface area contributed by atoms with Crippen molar-refractivity contribution < 1.29 is 0 Å². The lowest BCUT2D eigenvalue weighted by molar-refractivity contribution is 0.692. The van der Waals surface area contributed by atoms with Crippen molar-refractivity contribution in [3.63, 3.8) is 0 Å². The largest absolute Gasteiger partial charge is 0.398 e. The first-order valence-corrected chi connectivity index (χ1v) is 7.54. The summed E-state index contributed by atoms with van der Waals surface area (Å²) in [6.45, 7) is 2.03. The molecule has 1 aliphatic rings. The van der Waals surface area contributed by atoms with Gasteiger partial charge >= 0.3 is 0 Å². The molecule has 2 N–H and O–H groups in total. The summed E-state index contributed by atoms with van der Waals surface area (Å²) in [4.78, 5) is 4.64. The number of hydrogen-bond donors (Lipinski definition) is 1. The van der Waals surface area contributed by atoms with Crippen LogP contribution in [0.1, 0.15) is 17.5 Å². The molecule has 0 radical (unpaired) electrons. The molecule has 0 fully saturated rings. The lowest BCUT2D eigenvalue weighted by Gasteiger charge is -2.33. The van der Waals surface area contributed by atoms with Crippen LogP contribution < -0.4 is 15.5 Å². The number of nitrogen functional groups attached to an aromatic ring is 1. The second kappa shape index (κ2) is 6.93. The Hall–Kier alpha value is -1.87. The van der Waals surface area contributed by atoms with Gasteiger partial charge in [0, 0.05) is 44.2 Å². The standard InChI is InChI=1S/C18H23N3.ClH/c1-20(2)17-10-4-3-7-14(17)13-21-12-6-8-15-16(19)9-5-11-18(15)21;/h3-5,7,9-11H,6,8,12-13,19H2,1-2H3;1H. The first-order valence-electron chi connectivity index (χ1n) is 7.54. The molecule has 0 saturated heterocycles. The molecular weight excluding hydrogens is 294 g/mol. The number of nitrogens with zero attached hydrogens (tertiary/aromatic N) is 2. The van der Waals surface area contributed by atoms with Crippen LogP contribution in [0.3, 0.4) is 0 Å². The maximum Gasteiger partial charge on any atom is 0.0450 e. The number of nitrogens with two attached hydrogens (primary N) is 1. The summed E-state index contributed by atoms with van der Waals surface area (Å²) in [7, 11) is 4.20. The van der Waals surface area contributed by atoms with Gasteiger partial charge in [-0.2, -0.15) is 0 Å². The van der Waals surface area contributed by atoms with Crippen molar-refractivity contribution in [1.82, 2.24) is 0 Å². The quantitative estimate of drug-likeness (QED) is 0.876. The Balaban J connectivity index is 0.00000176. The van der Waals surface area contributed by atoms with Crippen LogP contribution in [0.5, 0.6) is 0 Å². The SMILES string of the molecule is CN(C)c1ccccc1CN1CCCc2c(N)cccc21.Cl. The summed E-state index contributed by atoms with van der Waals surface area (Å²) in [6.07, 6.45) is 2.26. The van der Waals surface area contributed by atoms with Crippen molar-refractivity contribution >= 4 is 29.5 Å². The number of rotatable bonds is 3. The number of fused-ring (bicyclic) bond motifs is 1. The average Bonchev–Trinajstić information content (AvgIpc) is 2.49. The molecule has 22 heavy (non-hydrogen) atoms. The Morgan fingerprint density at radius 3 is 2.64 bits per heavy atom. The van der Waals surface area contributed by atoms with Crippen molar-refractivity contribution in [1.29, 1.82) is 0 Å². The zero-order valence-electron chi connectivity index (χ0n) is 13.2. The van der Waals surface area contributed by atoms with Gasteiger partial charge in [0.2, 0.25) is 0 Å². The fourth-order valence-corrected chi connectivity index (χ4v) is 3.18. The molecule has 0 saturated carbocycles. The third-order valence-electron chi connectivity index (χ3n) is 4.22. The molecule has 0 aliphatic carbocycles. The number of hydrogen-bond acceptors (Lipinski definition) is 3. The van der Waals surface area contributed by atoms with Gasteiger partial charge in [0.05, 0.1) is 0 Å². The lowest BCUT2D eigenvalue weighted by Crippen LogP contribution is -2.30. The molecule has 2 aromatic rings. The van der Waals surface area contributed by atoms with E-state index in [2.05, 4.69) is 60.3 Å². The molecular formula is C18H24ClN3. The first-order chi connectivity index (χ1) is 10.2. The Labute approximate surface area is 139 Å². The number of benzene rings is 2. The van der Waals surface area contributed by atoms with Crippen molar-refractivity contribution in [2.24, 2.45) is 0 Å². The first kappa shape index (κ1) is 16.5. The summed E-state index contributed by atoms with van der Waals surface area (Å²) in [5, 5.41) is 0. The van der Waals surface area contributed by atoms with Gasteiger partial charge in [-0.25, -0.2) is 0 Å².